The molecule has 0 radical (unpaired) electrons. The molecule has 1 atom stereocenters. The van der Waals surface area contributed by atoms with E-state index in [1.165, 1.54) is 0 Å². The topological polar surface area (TPSA) is 76.2 Å². The lowest BCUT2D eigenvalue weighted by Gasteiger charge is -2.27. The fourth-order valence-electron chi connectivity index (χ4n) is 2.39. The predicted molar refractivity (Wildman–Crippen MR) is 64.4 cm³/mol. The van der Waals surface area contributed by atoms with E-state index < -0.39 is 11.4 Å². The van der Waals surface area contributed by atoms with Crippen molar-refractivity contribution in [1.29, 1.82) is 0 Å². The first-order valence-electron chi connectivity index (χ1n) is 6.01. The van der Waals surface area contributed by atoms with Crippen molar-refractivity contribution in [2.75, 3.05) is 6.54 Å². The van der Waals surface area contributed by atoms with Crippen LogP contribution in [-0.4, -0.2) is 22.6 Å². The Morgan fingerprint density at radius 3 is 2.82 bits per heavy atom. The largest absolute Gasteiger partial charge is 0.481 e. The number of carbonyl (C=O) groups is 1. The van der Waals surface area contributed by atoms with Gasteiger partial charge in [0.15, 0.2) is 0 Å². The van der Waals surface area contributed by atoms with E-state index in [0.717, 1.165) is 24.8 Å². The van der Waals surface area contributed by atoms with Gasteiger partial charge < -0.3 is 10.8 Å². The summed E-state index contributed by atoms with van der Waals surface area (Å²) in [6, 6.07) is 3.85. The molecule has 0 aliphatic heterocycles. The van der Waals surface area contributed by atoms with Crippen LogP contribution in [0, 0.1) is 11.3 Å². The molecular formula is C13H18N2O2. The van der Waals surface area contributed by atoms with E-state index in [9.17, 15) is 9.90 Å². The maximum absolute atomic E-state index is 11.5. The van der Waals surface area contributed by atoms with Crippen molar-refractivity contribution >= 4 is 5.97 Å². The van der Waals surface area contributed by atoms with Gasteiger partial charge in [0, 0.05) is 18.9 Å². The van der Waals surface area contributed by atoms with Crippen LogP contribution in [0.15, 0.2) is 24.5 Å². The van der Waals surface area contributed by atoms with Crippen molar-refractivity contribution in [3.05, 3.63) is 30.1 Å². The molecule has 1 saturated carbocycles. The Morgan fingerprint density at radius 1 is 1.59 bits per heavy atom. The summed E-state index contributed by atoms with van der Waals surface area (Å²) < 4.78 is 0. The van der Waals surface area contributed by atoms with E-state index in [4.69, 9.17) is 5.73 Å². The van der Waals surface area contributed by atoms with Crippen LogP contribution in [0.1, 0.15) is 24.8 Å². The minimum absolute atomic E-state index is 0.229. The lowest BCUT2D eigenvalue weighted by atomic mass is 9.77. The van der Waals surface area contributed by atoms with Crippen LogP contribution in [0.4, 0.5) is 0 Å². The number of pyridine rings is 1. The van der Waals surface area contributed by atoms with E-state index in [1.807, 2.05) is 12.1 Å². The normalized spacial score (nSPS) is 18.6. The summed E-state index contributed by atoms with van der Waals surface area (Å²) in [5, 5.41) is 9.42. The summed E-state index contributed by atoms with van der Waals surface area (Å²) in [4.78, 5) is 15.5. The summed E-state index contributed by atoms with van der Waals surface area (Å²) in [5.41, 5.74) is 6.07. The molecule has 4 nitrogen and oxygen atoms in total. The lowest BCUT2D eigenvalue weighted by molar-refractivity contribution is -0.150. The zero-order valence-electron chi connectivity index (χ0n) is 9.80. The Bertz CT molecular complexity index is 390. The van der Waals surface area contributed by atoms with E-state index in [-0.39, 0.29) is 12.5 Å². The van der Waals surface area contributed by atoms with Gasteiger partial charge in [0.1, 0.15) is 0 Å². The molecule has 92 valence electrons. The zero-order valence-corrected chi connectivity index (χ0v) is 9.80. The van der Waals surface area contributed by atoms with Crippen LogP contribution in [-0.2, 0) is 11.2 Å². The van der Waals surface area contributed by atoms with Crippen LogP contribution >= 0.6 is 0 Å². The van der Waals surface area contributed by atoms with Crippen molar-refractivity contribution in [2.24, 2.45) is 17.1 Å². The Hall–Kier alpha value is -1.42. The Morgan fingerprint density at radius 2 is 2.35 bits per heavy atom. The molecule has 1 fully saturated rings. The molecule has 0 amide bonds. The summed E-state index contributed by atoms with van der Waals surface area (Å²) in [6.45, 7) is 0.229. The Balaban J connectivity index is 2.06. The third kappa shape index (κ3) is 2.47. The molecule has 0 spiro atoms. The Kier molecular flexibility index (Phi) is 3.43. The van der Waals surface area contributed by atoms with Gasteiger partial charge in [0.05, 0.1) is 5.41 Å². The maximum atomic E-state index is 11.5. The number of hydrogen-bond acceptors (Lipinski definition) is 3. The molecule has 3 N–H and O–H groups in total. The van der Waals surface area contributed by atoms with Crippen LogP contribution < -0.4 is 5.73 Å². The smallest absolute Gasteiger partial charge is 0.311 e. The highest BCUT2D eigenvalue weighted by Gasteiger charge is 2.49. The minimum Gasteiger partial charge on any atom is -0.481 e. The van der Waals surface area contributed by atoms with Gasteiger partial charge in [0.25, 0.3) is 0 Å². The van der Waals surface area contributed by atoms with Gasteiger partial charge in [-0.1, -0.05) is 6.07 Å². The molecule has 0 saturated heterocycles. The quantitative estimate of drug-likeness (QED) is 0.781. The first kappa shape index (κ1) is 12.0. The van der Waals surface area contributed by atoms with Crippen molar-refractivity contribution in [2.45, 2.75) is 25.7 Å². The molecule has 1 unspecified atom stereocenters. The second-order valence-corrected chi connectivity index (χ2v) is 4.80. The second-order valence-electron chi connectivity index (χ2n) is 4.80. The van der Waals surface area contributed by atoms with Crippen LogP contribution in [0.5, 0.6) is 0 Å². The molecule has 4 heteroatoms. The van der Waals surface area contributed by atoms with Gasteiger partial charge in [-0.05, 0) is 43.2 Å². The molecule has 1 heterocycles. The maximum Gasteiger partial charge on any atom is 0.311 e. The van der Waals surface area contributed by atoms with Crippen LogP contribution in [0.3, 0.4) is 0 Å². The number of nitrogens with two attached hydrogens (primary N) is 1. The number of aryl methyl sites for hydroxylation is 1. The number of carboxylic acids is 1. The highest BCUT2D eigenvalue weighted by atomic mass is 16.4. The number of carboxylic acid groups (broad SMARTS) is 1. The number of aliphatic carboxylic acids is 1. The fraction of sp³-hybridized carbons (Fsp3) is 0.538. The predicted octanol–water partition coefficient (Wildman–Crippen LogP) is 1.45. The summed E-state index contributed by atoms with van der Waals surface area (Å²) in [5.74, 6) is -0.479. The zero-order chi connectivity index (χ0) is 12.3. The van der Waals surface area contributed by atoms with Crippen molar-refractivity contribution in [3.63, 3.8) is 0 Å². The average Bonchev–Trinajstić information content (AvgIpc) is 3.16. The third-order valence-electron chi connectivity index (χ3n) is 3.73. The summed E-state index contributed by atoms with van der Waals surface area (Å²) >= 11 is 0. The number of hydrogen-bond donors (Lipinski definition) is 2. The van der Waals surface area contributed by atoms with Crippen molar-refractivity contribution in [3.8, 4) is 0 Å². The third-order valence-corrected chi connectivity index (χ3v) is 3.73. The lowest BCUT2D eigenvalue weighted by Crippen LogP contribution is -2.41. The highest BCUT2D eigenvalue weighted by Crippen LogP contribution is 2.48. The van der Waals surface area contributed by atoms with Crippen LogP contribution in [0.25, 0.3) is 0 Å². The van der Waals surface area contributed by atoms with Gasteiger partial charge in [-0.3, -0.25) is 9.78 Å². The second kappa shape index (κ2) is 4.84. The van der Waals surface area contributed by atoms with Gasteiger partial charge in [-0.25, -0.2) is 0 Å². The standard InChI is InChI=1S/C13H18N2O2/c14-9-13(12(16)17,11-3-4-11)6-5-10-2-1-7-15-8-10/h1-2,7-8,11H,3-6,9,14H2,(H,16,17). The number of nitrogens with zero attached hydrogens (tertiary/aromatic N) is 1. The molecule has 17 heavy (non-hydrogen) atoms. The molecule has 0 aromatic carbocycles. The van der Waals surface area contributed by atoms with E-state index in [1.54, 1.807) is 12.4 Å². The van der Waals surface area contributed by atoms with E-state index in [2.05, 4.69) is 4.98 Å². The molecular weight excluding hydrogens is 216 g/mol. The molecule has 1 aromatic heterocycles. The number of rotatable bonds is 6. The summed E-state index contributed by atoms with van der Waals surface area (Å²) in [6.07, 6.45) is 6.84. The van der Waals surface area contributed by atoms with Gasteiger partial charge in [-0.15, -0.1) is 0 Å². The summed E-state index contributed by atoms with van der Waals surface area (Å²) in [7, 11) is 0. The van der Waals surface area contributed by atoms with Gasteiger partial charge in [0.2, 0.25) is 0 Å². The van der Waals surface area contributed by atoms with Gasteiger partial charge in [-0.2, -0.15) is 0 Å². The molecule has 1 aliphatic rings. The first-order chi connectivity index (χ1) is 8.19. The minimum atomic E-state index is -0.744. The average molecular weight is 234 g/mol. The molecule has 1 aliphatic carbocycles. The van der Waals surface area contributed by atoms with Crippen molar-refractivity contribution < 1.29 is 9.90 Å². The highest BCUT2D eigenvalue weighted by molar-refractivity contribution is 5.76. The van der Waals surface area contributed by atoms with Gasteiger partial charge >= 0.3 is 5.97 Å². The van der Waals surface area contributed by atoms with Crippen LogP contribution in [0.2, 0.25) is 0 Å². The fourth-order valence-corrected chi connectivity index (χ4v) is 2.39. The monoisotopic (exact) mass is 234 g/mol. The number of aromatic nitrogens is 1. The van der Waals surface area contributed by atoms with E-state index in [0.29, 0.717) is 6.42 Å². The molecule has 2 rings (SSSR count). The SMILES string of the molecule is NCC(CCc1cccnc1)(C(=O)O)C1CC1. The first-order valence-corrected chi connectivity index (χ1v) is 6.01. The van der Waals surface area contributed by atoms with Crippen molar-refractivity contribution in [1.82, 2.24) is 4.98 Å². The Labute approximate surface area is 101 Å². The van der Waals surface area contributed by atoms with E-state index >= 15 is 0 Å². The molecule has 1 aromatic rings. The molecule has 0 bridgehead atoms.